The molecule has 0 fully saturated rings. The normalized spacial score (nSPS) is 11.2. The maximum absolute atomic E-state index is 12.9. The van der Waals surface area contributed by atoms with Crippen LogP contribution in [-0.4, -0.2) is 21.9 Å². The van der Waals surface area contributed by atoms with Crippen molar-refractivity contribution in [3.05, 3.63) is 118 Å². The third-order valence-corrected chi connectivity index (χ3v) is 6.03. The van der Waals surface area contributed by atoms with Gasteiger partial charge in [-0.05, 0) is 59.2 Å². The lowest BCUT2D eigenvalue weighted by Crippen LogP contribution is -2.18. The summed E-state index contributed by atoms with van der Waals surface area (Å²) in [6.45, 7) is 2.04. The van der Waals surface area contributed by atoms with Crippen molar-refractivity contribution in [2.45, 2.75) is 6.92 Å². The van der Waals surface area contributed by atoms with E-state index < -0.39 is 0 Å². The van der Waals surface area contributed by atoms with E-state index in [4.69, 9.17) is 0 Å². The number of halogens is 1. The van der Waals surface area contributed by atoms with Crippen LogP contribution >= 0.6 is 15.9 Å². The van der Waals surface area contributed by atoms with Crippen molar-refractivity contribution in [3.63, 3.8) is 0 Å². The fourth-order valence-corrected chi connectivity index (χ4v) is 4.13. The lowest BCUT2D eigenvalue weighted by molar-refractivity contribution is 0.0949. The van der Waals surface area contributed by atoms with Crippen molar-refractivity contribution in [1.82, 2.24) is 15.2 Å². The number of rotatable bonds is 5. The summed E-state index contributed by atoms with van der Waals surface area (Å²) in [4.78, 5) is 12.9. The van der Waals surface area contributed by atoms with E-state index in [2.05, 4.69) is 61.9 Å². The number of hydrogen-bond donors (Lipinski definition) is 1. The maximum atomic E-state index is 12.9. The molecule has 1 aromatic heterocycles. The second kappa shape index (κ2) is 9.45. The number of aryl methyl sites for hydroxylation is 1. The molecule has 0 atom stereocenters. The standard InChI is InChI=1S/C28H21BrN4O/c1-19-6-4-9-23(16-19)33-27(25-11-5-8-21-7-2-3-10-24(21)25)17-26(32-33)28(34)31-30-18-20-12-14-22(29)15-13-20/h2-18H,1H3,(H,31,34)/b30-18-. The highest BCUT2D eigenvalue weighted by Gasteiger charge is 2.18. The number of amides is 1. The summed E-state index contributed by atoms with van der Waals surface area (Å²) in [7, 11) is 0. The topological polar surface area (TPSA) is 59.3 Å². The number of nitrogens with zero attached hydrogens (tertiary/aromatic N) is 3. The highest BCUT2D eigenvalue weighted by molar-refractivity contribution is 9.10. The number of fused-ring (bicyclic) bond motifs is 1. The van der Waals surface area contributed by atoms with Gasteiger partial charge in [0.05, 0.1) is 17.6 Å². The maximum Gasteiger partial charge on any atom is 0.291 e. The fourth-order valence-electron chi connectivity index (χ4n) is 3.86. The number of nitrogens with one attached hydrogen (secondary N) is 1. The van der Waals surface area contributed by atoms with Crippen LogP contribution in [-0.2, 0) is 0 Å². The summed E-state index contributed by atoms with van der Waals surface area (Å²) >= 11 is 3.41. The van der Waals surface area contributed by atoms with Crippen molar-refractivity contribution in [1.29, 1.82) is 0 Å². The van der Waals surface area contributed by atoms with Gasteiger partial charge in [0.25, 0.3) is 5.91 Å². The predicted molar refractivity (Wildman–Crippen MR) is 140 cm³/mol. The van der Waals surface area contributed by atoms with Gasteiger partial charge >= 0.3 is 0 Å². The number of aromatic nitrogens is 2. The van der Waals surface area contributed by atoms with Gasteiger partial charge in [-0.2, -0.15) is 10.2 Å². The first-order valence-corrected chi connectivity index (χ1v) is 11.6. The molecule has 6 heteroatoms. The zero-order valence-corrected chi connectivity index (χ0v) is 20.0. The third kappa shape index (κ3) is 4.54. The Kier molecular flexibility index (Phi) is 6.06. The smallest absolute Gasteiger partial charge is 0.265 e. The largest absolute Gasteiger partial charge is 0.291 e. The van der Waals surface area contributed by atoms with Crippen LogP contribution in [0, 0.1) is 6.92 Å². The quantitative estimate of drug-likeness (QED) is 0.216. The van der Waals surface area contributed by atoms with E-state index in [-0.39, 0.29) is 11.6 Å². The van der Waals surface area contributed by atoms with Crippen LogP contribution in [0.25, 0.3) is 27.7 Å². The first-order valence-electron chi connectivity index (χ1n) is 10.8. The molecule has 0 saturated heterocycles. The second-order valence-corrected chi connectivity index (χ2v) is 8.86. The minimum absolute atomic E-state index is 0.289. The molecule has 34 heavy (non-hydrogen) atoms. The molecule has 0 saturated carbocycles. The summed E-state index contributed by atoms with van der Waals surface area (Å²) in [5.41, 5.74) is 7.61. The van der Waals surface area contributed by atoms with Crippen LogP contribution < -0.4 is 5.43 Å². The van der Waals surface area contributed by atoms with E-state index in [1.54, 1.807) is 6.21 Å². The zero-order chi connectivity index (χ0) is 23.5. The molecule has 5 nitrogen and oxygen atoms in total. The van der Waals surface area contributed by atoms with Gasteiger partial charge in [0.2, 0.25) is 0 Å². The van der Waals surface area contributed by atoms with Crippen LogP contribution in [0.1, 0.15) is 21.6 Å². The van der Waals surface area contributed by atoms with E-state index >= 15 is 0 Å². The number of carbonyl (C=O) groups is 1. The highest BCUT2D eigenvalue weighted by atomic mass is 79.9. The van der Waals surface area contributed by atoms with Gasteiger partial charge in [-0.25, -0.2) is 10.1 Å². The molecular formula is C28H21BrN4O. The predicted octanol–water partition coefficient (Wildman–Crippen LogP) is 6.53. The summed E-state index contributed by atoms with van der Waals surface area (Å²) in [6, 6.07) is 31.9. The van der Waals surface area contributed by atoms with E-state index in [0.717, 1.165) is 43.3 Å². The molecule has 1 amide bonds. The van der Waals surface area contributed by atoms with Crippen molar-refractivity contribution in [3.8, 4) is 16.9 Å². The molecule has 1 heterocycles. The summed E-state index contributed by atoms with van der Waals surface area (Å²) in [5.74, 6) is -0.374. The van der Waals surface area contributed by atoms with Crippen LogP contribution in [0.2, 0.25) is 0 Å². The Balaban J connectivity index is 1.54. The van der Waals surface area contributed by atoms with E-state index in [0.29, 0.717) is 0 Å². The Morgan fingerprint density at radius 2 is 1.71 bits per heavy atom. The van der Waals surface area contributed by atoms with E-state index in [9.17, 15) is 4.79 Å². The molecule has 1 N–H and O–H groups in total. The molecule has 0 unspecified atom stereocenters. The minimum atomic E-state index is -0.374. The number of carbonyl (C=O) groups excluding carboxylic acids is 1. The second-order valence-electron chi connectivity index (χ2n) is 7.94. The Hall–Kier alpha value is -4.03. The molecule has 0 aliphatic rings. The summed E-state index contributed by atoms with van der Waals surface area (Å²) in [5, 5.41) is 11.0. The number of hydrazone groups is 1. The molecular weight excluding hydrogens is 488 g/mol. The Morgan fingerprint density at radius 3 is 2.53 bits per heavy atom. The summed E-state index contributed by atoms with van der Waals surface area (Å²) in [6.07, 6.45) is 1.60. The van der Waals surface area contributed by atoms with Gasteiger partial charge in [-0.1, -0.05) is 82.7 Å². The van der Waals surface area contributed by atoms with Crippen LogP contribution in [0.15, 0.2) is 107 Å². The van der Waals surface area contributed by atoms with Gasteiger partial charge in [-0.3, -0.25) is 4.79 Å². The van der Waals surface area contributed by atoms with Crippen molar-refractivity contribution in [2.24, 2.45) is 5.10 Å². The SMILES string of the molecule is Cc1cccc(-n2nc(C(=O)N/N=C\c3ccc(Br)cc3)cc2-c2cccc3ccccc23)c1. The fraction of sp³-hybridized carbons (Fsp3) is 0.0357. The summed E-state index contributed by atoms with van der Waals surface area (Å²) < 4.78 is 2.80. The molecule has 166 valence electrons. The van der Waals surface area contributed by atoms with Crippen molar-refractivity contribution < 1.29 is 4.79 Å². The van der Waals surface area contributed by atoms with Gasteiger partial charge in [0.1, 0.15) is 0 Å². The molecule has 5 aromatic rings. The zero-order valence-electron chi connectivity index (χ0n) is 18.4. The third-order valence-electron chi connectivity index (χ3n) is 5.50. The molecule has 0 spiro atoms. The average Bonchev–Trinajstić information content (AvgIpc) is 3.30. The van der Waals surface area contributed by atoms with Gasteiger partial charge < -0.3 is 0 Å². The van der Waals surface area contributed by atoms with E-state index in [1.165, 1.54) is 0 Å². The first-order chi connectivity index (χ1) is 16.6. The van der Waals surface area contributed by atoms with Gasteiger partial charge in [0, 0.05) is 10.0 Å². The molecule has 4 aromatic carbocycles. The van der Waals surface area contributed by atoms with Crippen molar-refractivity contribution in [2.75, 3.05) is 0 Å². The highest BCUT2D eigenvalue weighted by Crippen LogP contribution is 2.31. The number of benzene rings is 4. The van der Waals surface area contributed by atoms with Crippen LogP contribution in [0.5, 0.6) is 0 Å². The lowest BCUT2D eigenvalue weighted by Gasteiger charge is -2.10. The Labute approximate surface area is 205 Å². The Bertz CT molecular complexity index is 1510. The molecule has 0 aliphatic heterocycles. The Morgan fingerprint density at radius 1 is 0.941 bits per heavy atom. The monoisotopic (exact) mass is 508 g/mol. The molecule has 0 aliphatic carbocycles. The minimum Gasteiger partial charge on any atom is -0.265 e. The number of hydrogen-bond acceptors (Lipinski definition) is 3. The first kappa shape index (κ1) is 21.8. The molecule has 0 radical (unpaired) electrons. The van der Waals surface area contributed by atoms with E-state index in [1.807, 2.05) is 78.3 Å². The molecule has 5 rings (SSSR count). The van der Waals surface area contributed by atoms with Crippen LogP contribution in [0.4, 0.5) is 0 Å². The van der Waals surface area contributed by atoms with Crippen molar-refractivity contribution >= 4 is 38.8 Å². The lowest BCUT2D eigenvalue weighted by atomic mass is 10.0. The van der Waals surface area contributed by atoms with Gasteiger partial charge in [0.15, 0.2) is 5.69 Å². The average molecular weight is 509 g/mol. The molecule has 0 bridgehead atoms. The van der Waals surface area contributed by atoms with Gasteiger partial charge in [-0.15, -0.1) is 0 Å². The van der Waals surface area contributed by atoms with Crippen LogP contribution in [0.3, 0.4) is 0 Å².